The number of amides is 1. The number of carbonyl (C=O) groups excluding carboxylic acids is 1. The summed E-state index contributed by atoms with van der Waals surface area (Å²) in [7, 11) is 0. The third-order valence-electron chi connectivity index (χ3n) is 3.73. The van der Waals surface area contributed by atoms with Crippen LogP contribution in [0.5, 0.6) is 5.75 Å². The Hall–Kier alpha value is -2.32. The Balaban J connectivity index is 0.00000364. The molecule has 0 aliphatic rings. The van der Waals surface area contributed by atoms with E-state index in [2.05, 4.69) is 10.1 Å². The van der Waals surface area contributed by atoms with Gasteiger partial charge in [0.2, 0.25) is 5.91 Å². The molecule has 0 aromatic heterocycles. The molecule has 148 valence electrons. The van der Waals surface area contributed by atoms with Gasteiger partial charge in [0, 0.05) is 12.1 Å². The van der Waals surface area contributed by atoms with Gasteiger partial charge in [-0.3, -0.25) is 4.79 Å². The van der Waals surface area contributed by atoms with Gasteiger partial charge in [0.15, 0.2) is 6.61 Å². The van der Waals surface area contributed by atoms with Crippen LogP contribution in [-0.2, 0) is 4.79 Å². The maximum atomic E-state index is 13.3. The summed E-state index contributed by atoms with van der Waals surface area (Å²) in [6, 6.07) is 11.2. The third kappa shape index (κ3) is 6.73. The van der Waals surface area contributed by atoms with Crippen molar-refractivity contribution in [3.05, 3.63) is 59.9 Å². The Morgan fingerprint density at radius 3 is 2.41 bits per heavy atom. The predicted molar refractivity (Wildman–Crippen MR) is 96.4 cm³/mol. The monoisotopic (exact) mass is 406 g/mol. The maximum Gasteiger partial charge on any atom is 0.422 e. The summed E-state index contributed by atoms with van der Waals surface area (Å²) in [5.41, 5.74) is 6.75. The molecule has 3 N–H and O–H groups in total. The molecule has 2 atom stereocenters. The van der Waals surface area contributed by atoms with Crippen LogP contribution >= 0.6 is 12.4 Å². The first-order valence-corrected chi connectivity index (χ1v) is 7.78. The summed E-state index contributed by atoms with van der Waals surface area (Å²) >= 11 is 0. The molecule has 0 bridgehead atoms. The summed E-state index contributed by atoms with van der Waals surface area (Å²) in [6.45, 7) is -0.00876. The van der Waals surface area contributed by atoms with Crippen LogP contribution < -0.4 is 15.8 Å². The fraction of sp³-hybridized carbons (Fsp3) is 0.278. The summed E-state index contributed by atoms with van der Waals surface area (Å²) in [6.07, 6.45) is -4.59. The number of carbonyl (C=O) groups is 1. The Labute approximate surface area is 160 Å². The highest BCUT2D eigenvalue weighted by molar-refractivity contribution is 5.94. The van der Waals surface area contributed by atoms with Crippen LogP contribution in [0.25, 0.3) is 0 Å². The van der Waals surface area contributed by atoms with Crippen molar-refractivity contribution in [1.82, 2.24) is 0 Å². The zero-order valence-corrected chi connectivity index (χ0v) is 15.1. The number of anilines is 1. The average molecular weight is 407 g/mol. The first-order valence-electron chi connectivity index (χ1n) is 7.78. The molecule has 0 saturated heterocycles. The lowest BCUT2D eigenvalue weighted by Gasteiger charge is -2.21. The molecule has 27 heavy (non-hydrogen) atoms. The molecule has 1 amide bonds. The van der Waals surface area contributed by atoms with Gasteiger partial charge in [-0.05, 0) is 17.7 Å². The van der Waals surface area contributed by atoms with Gasteiger partial charge in [-0.15, -0.1) is 12.4 Å². The highest BCUT2D eigenvalue weighted by atomic mass is 35.5. The van der Waals surface area contributed by atoms with Gasteiger partial charge in [0.1, 0.15) is 11.6 Å². The lowest BCUT2D eigenvalue weighted by Crippen LogP contribution is -2.30. The minimum absolute atomic E-state index is 0. The second kappa shape index (κ2) is 9.57. The van der Waals surface area contributed by atoms with Gasteiger partial charge in [-0.2, -0.15) is 13.2 Å². The number of benzene rings is 2. The first kappa shape index (κ1) is 22.7. The highest BCUT2D eigenvalue weighted by Crippen LogP contribution is 2.29. The number of nitrogens with two attached hydrogens (primary N) is 1. The predicted octanol–water partition coefficient (Wildman–Crippen LogP) is 4.46. The molecule has 4 nitrogen and oxygen atoms in total. The largest absolute Gasteiger partial charge is 0.482 e. The maximum absolute atomic E-state index is 13.3. The summed E-state index contributed by atoms with van der Waals surface area (Å²) in [5, 5.41) is 2.45. The quantitative estimate of drug-likeness (QED) is 0.696. The molecule has 0 aliphatic carbocycles. The lowest BCUT2D eigenvalue weighted by atomic mass is 9.94. The van der Waals surface area contributed by atoms with Gasteiger partial charge in [-0.1, -0.05) is 37.3 Å². The van der Waals surface area contributed by atoms with E-state index in [1.54, 1.807) is 31.2 Å². The molecule has 2 unspecified atom stereocenters. The van der Waals surface area contributed by atoms with Crippen molar-refractivity contribution in [2.24, 2.45) is 11.7 Å². The molecule has 2 aromatic rings. The fourth-order valence-electron chi connectivity index (χ4n) is 2.25. The van der Waals surface area contributed by atoms with Crippen LogP contribution in [0.2, 0.25) is 0 Å². The van der Waals surface area contributed by atoms with Crippen LogP contribution in [0.15, 0.2) is 48.5 Å². The number of ether oxygens (including phenoxy) is 1. The van der Waals surface area contributed by atoms with E-state index >= 15 is 0 Å². The number of hydrogen-bond donors (Lipinski definition) is 2. The molecule has 0 fully saturated rings. The number of hydrogen-bond acceptors (Lipinski definition) is 3. The third-order valence-corrected chi connectivity index (χ3v) is 3.73. The molecule has 0 heterocycles. The average Bonchev–Trinajstić information content (AvgIpc) is 2.60. The minimum Gasteiger partial charge on any atom is -0.482 e. The van der Waals surface area contributed by atoms with Crippen molar-refractivity contribution in [2.75, 3.05) is 11.9 Å². The number of nitrogens with one attached hydrogen (secondary N) is 1. The van der Waals surface area contributed by atoms with E-state index < -0.39 is 42.2 Å². The molecule has 0 spiro atoms. The lowest BCUT2D eigenvalue weighted by molar-refractivity contribution is -0.153. The number of halogens is 5. The van der Waals surface area contributed by atoms with E-state index in [1.165, 1.54) is 0 Å². The smallest absolute Gasteiger partial charge is 0.422 e. The van der Waals surface area contributed by atoms with Crippen LogP contribution in [0.3, 0.4) is 0 Å². The van der Waals surface area contributed by atoms with E-state index in [1.807, 2.05) is 6.07 Å². The van der Waals surface area contributed by atoms with Gasteiger partial charge >= 0.3 is 6.18 Å². The topological polar surface area (TPSA) is 64.3 Å². The van der Waals surface area contributed by atoms with Crippen molar-refractivity contribution in [3.63, 3.8) is 0 Å². The van der Waals surface area contributed by atoms with Gasteiger partial charge in [0.25, 0.3) is 0 Å². The van der Waals surface area contributed by atoms with Crippen LogP contribution in [-0.4, -0.2) is 18.7 Å². The molecule has 0 radical (unpaired) electrons. The van der Waals surface area contributed by atoms with Gasteiger partial charge in [0.05, 0.1) is 11.6 Å². The van der Waals surface area contributed by atoms with E-state index in [9.17, 15) is 22.4 Å². The summed E-state index contributed by atoms with van der Waals surface area (Å²) < 4.78 is 54.9. The second-order valence-electron chi connectivity index (χ2n) is 5.76. The SMILES string of the molecule is CC(C(=O)Nc1ccc(F)cc1OCC(F)(F)F)C(N)c1ccccc1.Cl. The Morgan fingerprint density at radius 2 is 1.81 bits per heavy atom. The highest BCUT2D eigenvalue weighted by Gasteiger charge is 2.29. The molecule has 9 heteroatoms. The summed E-state index contributed by atoms with van der Waals surface area (Å²) in [4.78, 5) is 12.4. The standard InChI is InChI=1S/C18H18F4N2O2.ClH/c1-11(16(23)12-5-3-2-4-6-12)17(25)24-14-8-7-13(19)9-15(14)26-10-18(20,21)22;/h2-9,11,16H,10,23H2,1H3,(H,24,25);1H. The molecular weight excluding hydrogens is 388 g/mol. The Morgan fingerprint density at radius 1 is 1.19 bits per heavy atom. The molecule has 2 aromatic carbocycles. The van der Waals surface area contributed by atoms with E-state index in [0.29, 0.717) is 0 Å². The van der Waals surface area contributed by atoms with E-state index in [4.69, 9.17) is 5.73 Å². The first-order chi connectivity index (χ1) is 12.2. The molecule has 2 rings (SSSR count). The Bertz CT molecular complexity index is 757. The van der Waals surface area contributed by atoms with E-state index in [0.717, 1.165) is 23.8 Å². The van der Waals surface area contributed by atoms with E-state index in [-0.39, 0.29) is 18.1 Å². The Kier molecular flexibility index (Phi) is 8.05. The zero-order valence-electron chi connectivity index (χ0n) is 14.3. The van der Waals surface area contributed by atoms with Crippen LogP contribution in [0, 0.1) is 11.7 Å². The second-order valence-corrected chi connectivity index (χ2v) is 5.76. The van der Waals surface area contributed by atoms with Gasteiger partial charge < -0.3 is 15.8 Å². The number of alkyl halides is 3. The molecule has 0 saturated carbocycles. The number of rotatable bonds is 6. The zero-order chi connectivity index (χ0) is 19.3. The molecule has 0 aliphatic heterocycles. The van der Waals surface area contributed by atoms with Crippen molar-refractivity contribution >= 4 is 24.0 Å². The molecular formula is C18H19ClF4N2O2. The van der Waals surface area contributed by atoms with Crippen molar-refractivity contribution < 1.29 is 27.1 Å². The normalized spacial score (nSPS) is 13.3. The van der Waals surface area contributed by atoms with Crippen molar-refractivity contribution in [1.29, 1.82) is 0 Å². The van der Waals surface area contributed by atoms with Crippen molar-refractivity contribution in [2.45, 2.75) is 19.1 Å². The fourth-order valence-corrected chi connectivity index (χ4v) is 2.25. The van der Waals surface area contributed by atoms with Gasteiger partial charge in [-0.25, -0.2) is 4.39 Å². The minimum atomic E-state index is -4.59. The van der Waals surface area contributed by atoms with Crippen LogP contribution in [0.4, 0.5) is 23.2 Å². The van der Waals surface area contributed by atoms with Crippen molar-refractivity contribution in [3.8, 4) is 5.75 Å². The summed E-state index contributed by atoms with van der Waals surface area (Å²) in [5.74, 6) is -2.40. The van der Waals surface area contributed by atoms with Crippen LogP contribution in [0.1, 0.15) is 18.5 Å².